The standard InChI is InChI=1S/C12H18N4O3Si/c1-20(2,3)7-6-19-8-16-10-9(13-4-5-14-10)11(17)15-12(16)18/h4-5H,6-8H2,1-3H3,(H,15,17,18). The summed E-state index contributed by atoms with van der Waals surface area (Å²) in [6.45, 7) is 7.41. The summed E-state index contributed by atoms with van der Waals surface area (Å²) in [6.07, 6.45) is 2.86. The Labute approximate surface area is 116 Å². The first-order valence-corrected chi connectivity index (χ1v) is 10.1. The second-order valence-corrected chi connectivity index (χ2v) is 11.4. The molecule has 7 nitrogen and oxygen atoms in total. The van der Waals surface area contributed by atoms with Crippen LogP contribution in [-0.4, -0.2) is 34.2 Å². The van der Waals surface area contributed by atoms with Crippen molar-refractivity contribution in [1.82, 2.24) is 19.5 Å². The fraction of sp³-hybridized carbons (Fsp3) is 0.500. The predicted molar refractivity (Wildman–Crippen MR) is 78.5 cm³/mol. The Balaban J connectivity index is 2.22. The second kappa shape index (κ2) is 5.67. The molecular weight excluding hydrogens is 276 g/mol. The van der Waals surface area contributed by atoms with Gasteiger partial charge in [0.05, 0.1) is 0 Å². The van der Waals surface area contributed by atoms with Crippen molar-refractivity contribution in [3.05, 3.63) is 33.2 Å². The number of hydrogen-bond acceptors (Lipinski definition) is 5. The molecular formula is C12H18N4O3Si. The highest BCUT2D eigenvalue weighted by Gasteiger charge is 2.13. The molecule has 108 valence electrons. The SMILES string of the molecule is C[Si](C)(C)CCOCn1c(=O)[nH]c(=O)c2nccnc21. The van der Waals surface area contributed by atoms with E-state index in [0.29, 0.717) is 6.61 Å². The van der Waals surface area contributed by atoms with Gasteiger partial charge in [0.15, 0.2) is 11.2 Å². The summed E-state index contributed by atoms with van der Waals surface area (Å²) in [5.41, 5.74) is -0.678. The summed E-state index contributed by atoms with van der Waals surface area (Å²) in [5, 5.41) is 0. The Morgan fingerprint density at radius 3 is 2.65 bits per heavy atom. The first kappa shape index (κ1) is 14.6. The highest BCUT2D eigenvalue weighted by Crippen LogP contribution is 2.08. The Kier molecular flexibility index (Phi) is 4.14. The lowest BCUT2D eigenvalue weighted by Crippen LogP contribution is -2.32. The van der Waals surface area contributed by atoms with E-state index in [2.05, 4.69) is 34.6 Å². The fourth-order valence-electron chi connectivity index (χ4n) is 1.66. The summed E-state index contributed by atoms with van der Waals surface area (Å²) < 4.78 is 6.82. The quantitative estimate of drug-likeness (QED) is 0.650. The third-order valence-corrected chi connectivity index (χ3v) is 4.54. The molecule has 2 heterocycles. The van der Waals surface area contributed by atoms with Crippen molar-refractivity contribution < 1.29 is 4.74 Å². The normalized spacial score (nSPS) is 11.9. The van der Waals surface area contributed by atoms with E-state index >= 15 is 0 Å². The lowest BCUT2D eigenvalue weighted by molar-refractivity contribution is 0.0865. The minimum atomic E-state index is -1.17. The number of fused-ring (bicyclic) bond motifs is 1. The van der Waals surface area contributed by atoms with Crippen molar-refractivity contribution in [2.75, 3.05) is 6.61 Å². The monoisotopic (exact) mass is 294 g/mol. The van der Waals surface area contributed by atoms with E-state index in [1.165, 1.54) is 17.0 Å². The molecule has 2 aromatic rings. The van der Waals surface area contributed by atoms with E-state index in [1.54, 1.807) is 0 Å². The van der Waals surface area contributed by atoms with Crippen LogP contribution in [0.1, 0.15) is 0 Å². The molecule has 0 spiro atoms. The van der Waals surface area contributed by atoms with Crippen molar-refractivity contribution in [1.29, 1.82) is 0 Å². The minimum absolute atomic E-state index is 0.0648. The molecule has 20 heavy (non-hydrogen) atoms. The number of hydrogen-bond donors (Lipinski definition) is 1. The summed E-state index contributed by atoms with van der Waals surface area (Å²) >= 11 is 0. The van der Waals surface area contributed by atoms with E-state index < -0.39 is 19.3 Å². The summed E-state index contributed by atoms with van der Waals surface area (Å²) in [4.78, 5) is 33.6. The van der Waals surface area contributed by atoms with Gasteiger partial charge in [-0.2, -0.15) is 0 Å². The third kappa shape index (κ3) is 3.39. The predicted octanol–water partition coefficient (Wildman–Crippen LogP) is 0.792. The number of nitrogens with zero attached hydrogens (tertiary/aromatic N) is 3. The Morgan fingerprint density at radius 1 is 1.25 bits per heavy atom. The maximum absolute atomic E-state index is 11.8. The van der Waals surface area contributed by atoms with Gasteiger partial charge in [-0.1, -0.05) is 19.6 Å². The van der Waals surface area contributed by atoms with Crippen LogP contribution in [0.4, 0.5) is 0 Å². The number of ether oxygens (including phenoxy) is 1. The average Bonchev–Trinajstić information content (AvgIpc) is 2.36. The van der Waals surface area contributed by atoms with Crippen molar-refractivity contribution in [2.45, 2.75) is 32.4 Å². The zero-order valence-electron chi connectivity index (χ0n) is 11.8. The number of nitrogens with one attached hydrogen (secondary N) is 1. The lowest BCUT2D eigenvalue weighted by atomic mass is 10.5. The van der Waals surface area contributed by atoms with E-state index in [4.69, 9.17) is 4.74 Å². The van der Waals surface area contributed by atoms with Crippen LogP contribution in [-0.2, 0) is 11.5 Å². The maximum Gasteiger partial charge on any atom is 0.332 e. The molecule has 0 aliphatic heterocycles. The zero-order valence-corrected chi connectivity index (χ0v) is 12.8. The number of H-pyrrole nitrogens is 1. The van der Waals surface area contributed by atoms with Crippen LogP contribution in [0.3, 0.4) is 0 Å². The van der Waals surface area contributed by atoms with Crippen molar-refractivity contribution in [3.63, 3.8) is 0 Å². The van der Waals surface area contributed by atoms with Crippen molar-refractivity contribution in [2.24, 2.45) is 0 Å². The molecule has 0 aromatic carbocycles. The van der Waals surface area contributed by atoms with Gasteiger partial charge in [-0.25, -0.2) is 14.8 Å². The molecule has 0 radical (unpaired) electrons. The van der Waals surface area contributed by atoms with E-state index in [1.807, 2.05) is 0 Å². The third-order valence-electron chi connectivity index (χ3n) is 2.83. The van der Waals surface area contributed by atoms with Crippen LogP contribution in [0.15, 0.2) is 22.0 Å². The van der Waals surface area contributed by atoms with Crippen LogP contribution in [0.25, 0.3) is 11.2 Å². The summed E-state index contributed by atoms with van der Waals surface area (Å²) in [7, 11) is -1.17. The first-order valence-electron chi connectivity index (χ1n) is 6.40. The van der Waals surface area contributed by atoms with E-state index in [0.717, 1.165) is 6.04 Å². The molecule has 0 amide bonds. The number of rotatable bonds is 5. The van der Waals surface area contributed by atoms with Gasteiger partial charge in [0.25, 0.3) is 5.56 Å². The van der Waals surface area contributed by atoms with Crippen LogP contribution in [0, 0.1) is 0 Å². The fourth-order valence-corrected chi connectivity index (χ4v) is 2.42. The highest BCUT2D eigenvalue weighted by molar-refractivity contribution is 6.76. The van der Waals surface area contributed by atoms with Crippen LogP contribution >= 0.6 is 0 Å². The molecule has 2 rings (SSSR count). The van der Waals surface area contributed by atoms with E-state index in [9.17, 15) is 9.59 Å². The molecule has 0 saturated carbocycles. The summed E-state index contributed by atoms with van der Waals surface area (Å²) in [5.74, 6) is 0. The Bertz CT molecular complexity index is 717. The van der Waals surface area contributed by atoms with Gasteiger partial charge >= 0.3 is 5.69 Å². The number of aromatic amines is 1. The van der Waals surface area contributed by atoms with Gasteiger partial charge in [-0.3, -0.25) is 14.3 Å². The highest BCUT2D eigenvalue weighted by atomic mass is 28.3. The van der Waals surface area contributed by atoms with Gasteiger partial charge in [-0.15, -0.1) is 0 Å². The Hall–Kier alpha value is -1.80. The topological polar surface area (TPSA) is 89.9 Å². The van der Waals surface area contributed by atoms with Gasteiger partial charge in [-0.05, 0) is 6.04 Å². The molecule has 8 heteroatoms. The smallest absolute Gasteiger partial charge is 0.332 e. The average molecular weight is 294 g/mol. The van der Waals surface area contributed by atoms with Crippen LogP contribution in [0.5, 0.6) is 0 Å². The minimum Gasteiger partial charge on any atom is -0.361 e. The largest absolute Gasteiger partial charge is 0.361 e. The van der Waals surface area contributed by atoms with E-state index in [-0.39, 0.29) is 17.9 Å². The zero-order chi connectivity index (χ0) is 14.8. The molecule has 0 aliphatic carbocycles. The lowest BCUT2D eigenvalue weighted by Gasteiger charge is -2.15. The molecule has 0 unspecified atom stereocenters. The van der Waals surface area contributed by atoms with Crippen molar-refractivity contribution >= 4 is 19.2 Å². The van der Waals surface area contributed by atoms with Gasteiger partial charge in [0.2, 0.25) is 0 Å². The van der Waals surface area contributed by atoms with Gasteiger partial charge in [0.1, 0.15) is 6.73 Å². The Morgan fingerprint density at radius 2 is 1.95 bits per heavy atom. The second-order valence-electron chi connectivity index (χ2n) is 5.76. The first-order chi connectivity index (χ1) is 9.38. The van der Waals surface area contributed by atoms with Gasteiger partial charge in [0, 0.05) is 27.1 Å². The summed E-state index contributed by atoms with van der Waals surface area (Å²) in [6, 6.07) is 1.01. The number of aromatic nitrogens is 4. The van der Waals surface area contributed by atoms with Crippen LogP contribution in [0.2, 0.25) is 25.7 Å². The molecule has 0 fully saturated rings. The molecule has 0 aliphatic rings. The maximum atomic E-state index is 11.8. The van der Waals surface area contributed by atoms with Gasteiger partial charge < -0.3 is 4.74 Å². The molecule has 0 atom stereocenters. The molecule has 1 N–H and O–H groups in total. The molecule has 0 bridgehead atoms. The molecule has 0 saturated heterocycles. The molecule has 2 aromatic heterocycles. The van der Waals surface area contributed by atoms with Crippen LogP contribution < -0.4 is 11.2 Å². The van der Waals surface area contributed by atoms with Crippen molar-refractivity contribution in [3.8, 4) is 0 Å².